The molecule has 1 aliphatic carbocycles. The molecule has 1 saturated carbocycles. The number of hydrogen-bond donors (Lipinski definition) is 2. The number of nitrogens with two attached hydrogens (primary N) is 1. The SMILES string of the molecule is COC1CCCC1NC(=O)c1cccc(F)c1N. The van der Waals surface area contributed by atoms with Crippen molar-refractivity contribution in [3.63, 3.8) is 0 Å². The minimum Gasteiger partial charge on any atom is -0.396 e. The Morgan fingerprint density at radius 3 is 3.00 bits per heavy atom. The molecule has 1 aromatic carbocycles. The molecule has 0 aliphatic heterocycles. The summed E-state index contributed by atoms with van der Waals surface area (Å²) in [7, 11) is 1.63. The van der Waals surface area contributed by atoms with Crippen LogP contribution < -0.4 is 11.1 Å². The van der Waals surface area contributed by atoms with Gasteiger partial charge in [0.25, 0.3) is 5.91 Å². The highest BCUT2D eigenvalue weighted by molar-refractivity contribution is 5.99. The molecular formula is C13H17FN2O2. The lowest BCUT2D eigenvalue weighted by Crippen LogP contribution is -2.41. The van der Waals surface area contributed by atoms with Crippen molar-refractivity contribution >= 4 is 11.6 Å². The van der Waals surface area contributed by atoms with E-state index in [1.165, 1.54) is 18.2 Å². The number of anilines is 1. The van der Waals surface area contributed by atoms with Gasteiger partial charge in [0, 0.05) is 7.11 Å². The second-order valence-corrected chi connectivity index (χ2v) is 4.49. The van der Waals surface area contributed by atoms with Gasteiger partial charge in [-0.3, -0.25) is 4.79 Å². The van der Waals surface area contributed by atoms with Crippen LogP contribution in [0.3, 0.4) is 0 Å². The van der Waals surface area contributed by atoms with Gasteiger partial charge in [-0.15, -0.1) is 0 Å². The summed E-state index contributed by atoms with van der Waals surface area (Å²) < 4.78 is 18.6. The van der Waals surface area contributed by atoms with E-state index in [-0.39, 0.29) is 29.3 Å². The summed E-state index contributed by atoms with van der Waals surface area (Å²) in [6, 6.07) is 4.21. The number of amides is 1. The summed E-state index contributed by atoms with van der Waals surface area (Å²) in [6.45, 7) is 0. The van der Waals surface area contributed by atoms with Gasteiger partial charge in [0.1, 0.15) is 5.82 Å². The van der Waals surface area contributed by atoms with Crippen molar-refractivity contribution in [2.24, 2.45) is 0 Å². The quantitative estimate of drug-likeness (QED) is 0.805. The van der Waals surface area contributed by atoms with Gasteiger partial charge >= 0.3 is 0 Å². The number of hydrogen-bond acceptors (Lipinski definition) is 3. The highest BCUT2D eigenvalue weighted by Crippen LogP contribution is 2.23. The molecule has 4 nitrogen and oxygen atoms in total. The Kier molecular flexibility index (Phi) is 3.81. The summed E-state index contributed by atoms with van der Waals surface area (Å²) in [5.74, 6) is -0.918. The first-order chi connectivity index (χ1) is 8.63. The maximum Gasteiger partial charge on any atom is 0.253 e. The second-order valence-electron chi connectivity index (χ2n) is 4.49. The van der Waals surface area contributed by atoms with E-state index < -0.39 is 5.82 Å². The van der Waals surface area contributed by atoms with Crippen LogP contribution in [0.1, 0.15) is 29.6 Å². The smallest absolute Gasteiger partial charge is 0.253 e. The zero-order chi connectivity index (χ0) is 13.1. The van der Waals surface area contributed by atoms with Crippen LogP contribution in [0.15, 0.2) is 18.2 Å². The Hall–Kier alpha value is -1.62. The van der Waals surface area contributed by atoms with Crippen molar-refractivity contribution in [1.82, 2.24) is 5.32 Å². The van der Waals surface area contributed by atoms with E-state index in [4.69, 9.17) is 10.5 Å². The third kappa shape index (κ3) is 2.46. The molecule has 1 fully saturated rings. The van der Waals surface area contributed by atoms with Crippen LogP contribution >= 0.6 is 0 Å². The fourth-order valence-electron chi connectivity index (χ4n) is 2.35. The summed E-state index contributed by atoms with van der Waals surface area (Å²) >= 11 is 0. The molecule has 0 spiro atoms. The zero-order valence-corrected chi connectivity index (χ0v) is 10.3. The van der Waals surface area contributed by atoms with Gasteiger partial charge in [0.15, 0.2) is 0 Å². The molecule has 1 aliphatic rings. The first kappa shape index (κ1) is 12.8. The lowest BCUT2D eigenvalue weighted by Gasteiger charge is -2.20. The first-order valence-electron chi connectivity index (χ1n) is 6.01. The van der Waals surface area contributed by atoms with E-state index in [0.29, 0.717) is 0 Å². The molecule has 0 heterocycles. The number of benzene rings is 1. The molecule has 5 heteroatoms. The molecule has 0 saturated heterocycles. The number of halogens is 1. The summed E-state index contributed by atoms with van der Waals surface area (Å²) in [6.07, 6.45) is 2.85. The minimum absolute atomic E-state index is 0.0230. The van der Waals surface area contributed by atoms with Crippen molar-refractivity contribution in [2.75, 3.05) is 12.8 Å². The van der Waals surface area contributed by atoms with Crippen LogP contribution in [-0.4, -0.2) is 25.2 Å². The van der Waals surface area contributed by atoms with Crippen molar-refractivity contribution in [1.29, 1.82) is 0 Å². The first-order valence-corrected chi connectivity index (χ1v) is 6.01. The van der Waals surface area contributed by atoms with Gasteiger partial charge in [0.05, 0.1) is 23.4 Å². The van der Waals surface area contributed by atoms with Gasteiger partial charge in [-0.1, -0.05) is 6.07 Å². The number of ether oxygens (including phenoxy) is 1. The molecule has 0 bridgehead atoms. The Labute approximate surface area is 105 Å². The van der Waals surface area contributed by atoms with E-state index in [0.717, 1.165) is 19.3 Å². The maximum atomic E-state index is 13.3. The molecule has 0 aromatic heterocycles. The van der Waals surface area contributed by atoms with Gasteiger partial charge < -0.3 is 15.8 Å². The van der Waals surface area contributed by atoms with Crippen LogP contribution in [-0.2, 0) is 4.74 Å². The maximum absolute atomic E-state index is 13.3. The Bertz CT molecular complexity index is 451. The van der Waals surface area contributed by atoms with Crippen LogP contribution in [0, 0.1) is 5.82 Å². The van der Waals surface area contributed by atoms with Crippen LogP contribution in [0.5, 0.6) is 0 Å². The largest absolute Gasteiger partial charge is 0.396 e. The normalized spacial score (nSPS) is 23.0. The van der Waals surface area contributed by atoms with Crippen LogP contribution in [0.25, 0.3) is 0 Å². The standard InChI is InChI=1S/C13H17FN2O2/c1-18-11-7-3-6-10(11)16-13(17)8-4-2-5-9(14)12(8)15/h2,4-5,10-11H,3,6-7,15H2,1H3,(H,16,17). The summed E-state index contributed by atoms with van der Waals surface area (Å²) in [4.78, 5) is 12.0. The van der Waals surface area contributed by atoms with Crippen molar-refractivity contribution in [2.45, 2.75) is 31.4 Å². The summed E-state index contributed by atoms with van der Waals surface area (Å²) in [5.41, 5.74) is 5.63. The second kappa shape index (κ2) is 5.35. The molecule has 1 aromatic rings. The molecule has 2 rings (SSSR count). The number of methoxy groups -OCH3 is 1. The van der Waals surface area contributed by atoms with Gasteiger partial charge in [-0.05, 0) is 31.4 Å². The number of carbonyl (C=O) groups is 1. The van der Waals surface area contributed by atoms with Gasteiger partial charge in [-0.2, -0.15) is 0 Å². The Morgan fingerprint density at radius 2 is 2.28 bits per heavy atom. The molecular weight excluding hydrogens is 235 g/mol. The van der Waals surface area contributed by atoms with Crippen molar-refractivity contribution in [3.05, 3.63) is 29.6 Å². The minimum atomic E-state index is -0.572. The Morgan fingerprint density at radius 1 is 1.50 bits per heavy atom. The molecule has 2 atom stereocenters. The third-order valence-electron chi connectivity index (χ3n) is 3.37. The number of carbonyl (C=O) groups excluding carboxylic acids is 1. The summed E-state index contributed by atoms with van der Waals surface area (Å²) in [5, 5.41) is 2.85. The molecule has 3 N–H and O–H groups in total. The van der Waals surface area contributed by atoms with Crippen molar-refractivity contribution in [3.8, 4) is 0 Å². The van der Waals surface area contributed by atoms with E-state index in [1.807, 2.05) is 0 Å². The third-order valence-corrected chi connectivity index (χ3v) is 3.37. The fraction of sp³-hybridized carbons (Fsp3) is 0.462. The zero-order valence-electron chi connectivity index (χ0n) is 10.3. The van der Waals surface area contributed by atoms with Gasteiger partial charge in [0.2, 0.25) is 0 Å². The fourth-order valence-corrected chi connectivity index (χ4v) is 2.35. The molecule has 2 unspecified atom stereocenters. The van der Waals surface area contributed by atoms with E-state index >= 15 is 0 Å². The molecule has 98 valence electrons. The lowest BCUT2D eigenvalue weighted by molar-refractivity contribution is 0.0722. The van der Waals surface area contributed by atoms with E-state index in [9.17, 15) is 9.18 Å². The average molecular weight is 252 g/mol. The highest BCUT2D eigenvalue weighted by Gasteiger charge is 2.29. The average Bonchev–Trinajstić information content (AvgIpc) is 2.79. The van der Waals surface area contributed by atoms with Crippen LogP contribution in [0.2, 0.25) is 0 Å². The predicted octanol–water partition coefficient (Wildman–Crippen LogP) is 1.71. The van der Waals surface area contributed by atoms with Crippen molar-refractivity contribution < 1.29 is 13.9 Å². The lowest BCUT2D eigenvalue weighted by atomic mass is 10.1. The number of nitrogen functional groups attached to an aromatic ring is 1. The van der Waals surface area contributed by atoms with E-state index in [1.54, 1.807) is 7.11 Å². The predicted molar refractivity (Wildman–Crippen MR) is 66.7 cm³/mol. The topological polar surface area (TPSA) is 64.3 Å². The monoisotopic (exact) mass is 252 g/mol. The molecule has 1 amide bonds. The van der Waals surface area contributed by atoms with Gasteiger partial charge in [-0.25, -0.2) is 4.39 Å². The highest BCUT2D eigenvalue weighted by atomic mass is 19.1. The Balaban J connectivity index is 2.10. The molecule has 0 radical (unpaired) electrons. The van der Waals surface area contributed by atoms with Crippen LogP contribution in [0.4, 0.5) is 10.1 Å². The van der Waals surface area contributed by atoms with E-state index in [2.05, 4.69) is 5.32 Å². The molecule has 18 heavy (non-hydrogen) atoms. The number of rotatable bonds is 3. The number of para-hydroxylation sites is 1. The number of nitrogens with one attached hydrogen (secondary N) is 1.